The maximum Gasteiger partial charge on any atom is 0.225 e. The summed E-state index contributed by atoms with van der Waals surface area (Å²) in [7, 11) is 0. The second-order valence-corrected chi connectivity index (χ2v) is 7.00. The monoisotopic (exact) mass is 366 g/mol. The van der Waals surface area contributed by atoms with Crippen molar-refractivity contribution in [2.45, 2.75) is 33.1 Å². The van der Waals surface area contributed by atoms with Crippen LogP contribution >= 0.6 is 11.6 Å². The van der Waals surface area contributed by atoms with Crippen LogP contribution in [0.15, 0.2) is 24.3 Å². The van der Waals surface area contributed by atoms with Crippen LogP contribution in [0, 0.1) is 5.92 Å². The van der Waals surface area contributed by atoms with Gasteiger partial charge in [-0.15, -0.1) is 0 Å². The Morgan fingerprint density at radius 1 is 1.12 bits per heavy atom. The van der Waals surface area contributed by atoms with Crippen molar-refractivity contribution >= 4 is 23.4 Å². The Morgan fingerprint density at radius 3 is 2.52 bits per heavy atom. The lowest BCUT2D eigenvalue weighted by molar-refractivity contribution is -0.135. The number of hydrogen-bond donors (Lipinski definition) is 0. The van der Waals surface area contributed by atoms with Gasteiger partial charge in [-0.2, -0.15) is 0 Å². The van der Waals surface area contributed by atoms with Crippen LogP contribution in [0.1, 0.15) is 33.1 Å². The van der Waals surface area contributed by atoms with E-state index in [9.17, 15) is 9.59 Å². The normalized spacial score (nSPS) is 15.2. The van der Waals surface area contributed by atoms with E-state index in [0.717, 1.165) is 13.0 Å². The zero-order chi connectivity index (χ0) is 18.2. The molecule has 5 nitrogen and oxygen atoms in total. The molecule has 0 aliphatic carbocycles. The van der Waals surface area contributed by atoms with E-state index in [4.69, 9.17) is 16.3 Å². The Morgan fingerprint density at radius 2 is 1.80 bits per heavy atom. The minimum atomic E-state index is 0.00390. The third-order valence-electron chi connectivity index (χ3n) is 4.28. The highest BCUT2D eigenvalue weighted by Crippen LogP contribution is 2.23. The summed E-state index contributed by atoms with van der Waals surface area (Å²) in [5, 5.41) is 0.580. The van der Waals surface area contributed by atoms with Gasteiger partial charge in [0, 0.05) is 38.5 Å². The lowest BCUT2D eigenvalue weighted by Gasteiger charge is -2.23. The molecule has 1 aliphatic rings. The van der Waals surface area contributed by atoms with Crippen LogP contribution < -0.4 is 4.74 Å². The molecule has 0 unspecified atom stereocenters. The molecule has 1 aromatic rings. The molecular weight excluding hydrogens is 340 g/mol. The second kappa shape index (κ2) is 9.66. The van der Waals surface area contributed by atoms with Crippen LogP contribution in [0.3, 0.4) is 0 Å². The molecule has 0 N–H and O–H groups in total. The molecule has 1 saturated heterocycles. The molecule has 0 radical (unpaired) electrons. The summed E-state index contributed by atoms with van der Waals surface area (Å²) in [4.78, 5) is 28.2. The number of amides is 2. The molecular formula is C19H27ClN2O3. The van der Waals surface area contributed by atoms with Gasteiger partial charge in [0.25, 0.3) is 0 Å². The summed E-state index contributed by atoms with van der Waals surface area (Å²) < 4.78 is 5.62. The Kier molecular flexibility index (Phi) is 7.56. The van der Waals surface area contributed by atoms with Crippen LogP contribution in [-0.4, -0.2) is 54.4 Å². The first-order valence-electron chi connectivity index (χ1n) is 8.93. The van der Waals surface area contributed by atoms with Gasteiger partial charge in [-0.3, -0.25) is 9.59 Å². The Bertz CT molecular complexity index is 592. The molecule has 6 heteroatoms. The molecule has 0 spiro atoms. The van der Waals surface area contributed by atoms with Gasteiger partial charge in [-0.05, 0) is 25.0 Å². The van der Waals surface area contributed by atoms with Crippen LogP contribution in [0.2, 0.25) is 5.02 Å². The SMILES string of the molecule is CC(C)C(=O)N1CCCN(C(=O)CCCOc2ccccc2Cl)CC1. The largest absolute Gasteiger partial charge is 0.492 e. The Labute approximate surface area is 154 Å². The number of ether oxygens (including phenoxy) is 1. The van der Waals surface area contributed by atoms with E-state index in [0.29, 0.717) is 49.9 Å². The first-order chi connectivity index (χ1) is 12.0. The minimum Gasteiger partial charge on any atom is -0.492 e. The summed E-state index contributed by atoms with van der Waals surface area (Å²) in [6.07, 6.45) is 1.93. The highest BCUT2D eigenvalue weighted by molar-refractivity contribution is 6.32. The zero-order valence-electron chi connectivity index (χ0n) is 15.0. The summed E-state index contributed by atoms with van der Waals surface area (Å²) in [5.74, 6) is 0.947. The van der Waals surface area contributed by atoms with Crippen LogP contribution in [0.5, 0.6) is 5.75 Å². The Hall–Kier alpha value is -1.75. The van der Waals surface area contributed by atoms with Crippen molar-refractivity contribution in [3.63, 3.8) is 0 Å². The number of benzene rings is 1. The molecule has 2 amide bonds. The number of hydrogen-bond acceptors (Lipinski definition) is 3. The number of rotatable bonds is 6. The minimum absolute atomic E-state index is 0.00390. The molecule has 0 atom stereocenters. The zero-order valence-corrected chi connectivity index (χ0v) is 15.8. The van der Waals surface area contributed by atoms with Gasteiger partial charge in [0.1, 0.15) is 5.75 Å². The van der Waals surface area contributed by atoms with Crippen LogP contribution in [-0.2, 0) is 9.59 Å². The average molecular weight is 367 g/mol. The molecule has 1 aliphatic heterocycles. The summed E-state index contributed by atoms with van der Waals surface area (Å²) in [6, 6.07) is 7.32. The predicted molar refractivity (Wildman–Crippen MR) is 98.8 cm³/mol. The van der Waals surface area contributed by atoms with Crippen molar-refractivity contribution in [2.75, 3.05) is 32.8 Å². The molecule has 1 aromatic carbocycles. The van der Waals surface area contributed by atoms with Gasteiger partial charge < -0.3 is 14.5 Å². The lowest BCUT2D eigenvalue weighted by atomic mass is 10.2. The van der Waals surface area contributed by atoms with E-state index in [-0.39, 0.29) is 17.7 Å². The fraction of sp³-hybridized carbons (Fsp3) is 0.579. The third kappa shape index (κ3) is 5.92. The smallest absolute Gasteiger partial charge is 0.225 e. The number of halogens is 1. The van der Waals surface area contributed by atoms with Gasteiger partial charge in [0.15, 0.2) is 0 Å². The first kappa shape index (κ1) is 19.6. The number of para-hydroxylation sites is 1. The van der Waals surface area contributed by atoms with E-state index >= 15 is 0 Å². The van der Waals surface area contributed by atoms with Crippen molar-refractivity contribution in [1.29, 1.82) is 0 Å². The fourth-order valence-corrected chi connectivity index (χ4v) is 3.07. The van der Waals surface area contributed by atoms with E-state index in [1.165, 1.54) is 0 Å². The van der Waals surface area contributed by atoms with Gasteiger partial charge in [-0.1, -0.05) is 37.6 Å². The van der Waals surface area contributed by atoms with E-state index in [1.54, 1.807) is 6.07 Å². The number of nitrogens with zero attached hydrogens (tertiary/aromatic N) is 2. The average Bonchev–Trinajstić information content (AvgIpc) is 2.85. The summed E-state index contributed by atoms with van der Waals surface area (Å²) >= 11 is 6.03. The number of carbonyl (C=O) groups excluding carboxylic acids is 2. The first-order valence-corrected chi connectivity index (χ1v) is 9.30. The van der Waals surface area contributed by atoms with Crippen molar-refractivity contribution in [3.05, 3.63) is 29.3 Å². The maximum absolute atomic E-state index is 12.4. The molecule has 2 rings (SSSR count). The standard InChI is InChI=1S/C19H27ClN2O3/c1-15(2)19(24)22-11-6-10-21(12-13-22)18(23)9-5-14-25-17-8-4-3-7-16(17)20/h3-4,7-8,15H,5-6,9-14H2,1-2H3. The van der Waals surface area contributed by atoms with E-state index in [1.807, 2.05) is 41.8 Å². The predicted octanol–water partition coefficient (Wildman–Crippen LogP) is 3.22. The third-order valence-corrected chi connectivity index (χ3v) is 4.60. The lowest BCUT2D eigenvalue weighted by Crippen LogP contribution is -2.39. The van der Waals surface area contributed by atoms with Crippen LogP contribution in [0.4, 0.5) is 0 Å². The fourth-order valence-electron chi connectivity index (χ4n) is 2.88. The molecule has 0 aromatic heterocycles. The highest BCUT2D eigenvalue weighted by Gasteiger charge is 2.23. The van der Waals surface area contributed by atoms with Crippen LogP contribution in [0.25, 0.3) is 0 Å². The quantitative estimate of drug-likeness (QED) is 0.726. The van der Waals surface area contributed by atoms with Crippen molar-refractivity contribution in [1.82, 2.24) is 9.80 Å². The van der Waals surface area contributed by atoms with Gasteiger partial charge in [-0.25, -0.2) is 0 Å². The molecule has 0 saturated carbocycles. The van der Waals surface area contributed by atoms with E-state index in [2.05, 4.69) is 0 Å². The molecule has 0 bridgehead atoms. The van der Waals surface area contributed by atoms with Gasteiger partial charge in [0.2, 0.25) is 11.8 Å². The molecule has 1 fully saturated rings. The van der Waals surface area contributed by atoms with Gasteiger partial charge in [0.05, 0.1) is 11.6 Å². The topological polar surface area (TPSA) is 49.9 Å². The Balaban J connectivity index is 1.72. The second-order valence-electron chi connectivity index (χ2n) is 6.60. The summed E-state index contributed by atoms with van der Waals surface area (Å²) in [6.45, 7) is 6.97. The highest BCUT2D eigenvalue weighted by atomic mass is 35.5. The maximum atomic E-state index is 12.4. The van der Waals surface area contributed by atoms with Crippen molar-refractivity contribution < 1.29 is 14.3 Å². The number of carbonyl (C=O) groups is 2. The summed E-state index contributed by atoms with van der Waals surface area (Å²) in [5.41, 5.74) is 0. The molecule has 1 heterocycles. The van der Waals surface area contributed by atoms with Crippen molar-refractivity contribution in [3.8, 4) is 5.75 Å². The van der Waals surface area contributed by atoms with E-state index < -0.39 is 0 Å². The molecule has 138 valence electrons. The molecule has 25 heavy (non-hydrogen) atoms. The van der Waals surface area contributed by atoms with Crippen molar-refractivity contribution in [2.24, 2.45) is 5.92 Å². The van der Waals surface area contributed by atoms with Gasteiger partial charge >= 0.3 is 0 Å².